The van der Waals surface area contributed by atoms with Gasteiger partial charge in [-0.25, -0.2) is 0 Å². The molecule has 1 aliphatic heterocycles. The van der Waals surface area contributed by atoms with E-state index in [0.717, 1.165) is 32.6 Å². The monoisotopic (exact) mass is 227 g/mol. The molecule has 2 rings (SSSR count). The van der Waals surface area contributed by atoms with Crippen LogP contribution in [0, 0.1) is 5.92 Å². The molecule has 2 fully saturated rings. The normalized spacial score (nSPS) is 30.2. The van der Waals surface area contributed by atoms with Gasteiger partial charge in [-0.15, -0.1) is 0 Å². The summed E-state index contributed by atoms with van der Waals surface area (Å²) in [5, 5.41) is 13.2. The number of aliphatic hydroxyl groups excluding tert-OH is 1. The summed E-state index contributed by atoms with van der Waals surface area (Å²) >= 11 is 0. The maximum atomic E-state index is 9.58. The van der Waals surface area contributed by atoms with Gasteiger partial charge in [-0.1, -0.05) is 19.3 Å². The number of hydrogen-bond acceptors (Lipinski definition) is 3. The molecule has 16 heavy (non-hydrogen) atoms. The summed E-state index contributed by atoms with van der Waals surface area (Å²) in [6, 6.07) is 0. The van der Waals surface area contributed by atoms with Gasteiger partial charge in [0.25, 0.3) is 0 Å². The third kappa shape index (κ3) is 3.19. The highest BCUT2D eigenvalue weighted by atomic mass is 16.5. The molecule has 0 bridgehead atoms. The number of rotatable bonds is 4. The molecule has 0 aromatic carbocycles. The van der Waals surface area contributed by atoms with Crippen LogP contribution < -0.4 is 5.32 Å². The summed E-state index contributed by atoms with van der Waals surface area (Å²) in [4.78, 5) is 0. The molecule has 94 valence electrons. The largest absolute Gasteiger partial charge is 0.394 e. The molecule has 1 aliphatic carbocycles. The number of aliphatic hydroxyl groups is 1. The highest BCUT2D eigenvalue weighted by Gasteiger charge is 2.31. The lowest BCUT2D eigenvalue weighted by Gasteiger charge is -2.38. The lowest BCUT2D eigenvalue weighted by Crippen LogP contribution is -2.52. The molecule has 0 aromatic rings. The van der Waals surface area contributed by atoms with Crippen LogP contribution in [0.2, 0.25) is 0 Å². The molecule has 3 nitrogen and oxygen atoms in total. The number of hydrogen-bond donors (Lipinski definition) is 2. The van der Waals surface area contributed by atoms with Gasteiger partial charge >= 0.3 is 0 Å². The fourth-order valence-electron chi connectivity index (χ4n) is 2.95. The Morgan fingerprint density at radius 1 is 1.19 bits per heavy atom. The van der Waals surface area contributed by atoms with Gasteiger partial charge in [-0.05, 0) is 31.6 Å². The summed E-state index contributed by atoms with van der Waals surface area (Å²) in [6.45, 7) is 3.14. The molecule has 1 atom stereocenters. The van der Waals surface area contributed by atoms with Gasteiger partial charge in [-0.2, -0.15) is 0 Å². The summed E-state index contributed by atoms with van der Waals surface area (Å²) in [7, 11) is 0. The van der Waals surface area contributed by atoms with Crippen LogP contribution in [-0.2, 0) is 4.74 Å². The Bertz CT molecular complexity index is 196. The van der Waals surface area contributed by atoms with Crippen molar-refractivity contribution in [2.75, 3.05) is 26.4 Å². The zero-order valence-electron chi connectivity index (χ0n) is 10.2. The Kier molecular flexibility index (Phi) is 4.62. The second kappa shape index (κ2) is 5.99. The lowest BCUT2D eigenvalue weighted by atomic mass is 9.82. The number of nitrogens with one attached hydrogen (secondary N) is 1. The van der Waals surface area contributed by atoms with Crippen molar-refractivity contribution in [1.82, 2.24) is 5.32 Å². The highest BCUT2D eigenvalue weighted by Crippen LogP contribution is 2.28. The van der Waals surface area contributed by atoms with Gasteiger partial charge in [-0.3, -0.25) is 0 Å². The molecular formula is C13H25NO2. The Labute approximate surface area is 98.6 Å². The number of ether oxygens (including phenoxy) is 1. The maximum absolute atomic E-state index is 9.58. The van der Waals surface area contributed by atoms with Gasteiger partial charge in [0.05, 0.1) is 13.2 Å². The zero-order valence-corrected chi connectivity index (χ0v) is 10.2. The van der Waals surface area contributed by atoms with Gasteiger partial charge in [0, 0.05) is 18.7 Å². The van der Waals surface area contributed by atoms with Crippen LogP contribution in [0.25, 0.3) is 0 Å². The van der Waals surface area contributed by atoms with Crippen LogP contribution in [0.3, 0.4) is 0 Å². The van der Waals surface area contributed by atoms with Crippen LogP contribution in [0.15, 0.2) is 0 Å². The average Bonchev–Trinajstić information content (AvgIpc) is 2.39. The minimum absolute atomic E-state index is 0.0235. The maximum Gasteiger partial charge on any atom is 0.0613 e. The smallest absolute Gasteiger partial charge is 0.0613 e. The van der Waals surface area contributed by atoms with E-state index in [2.05, 4.69) is 5.32 Å². The van der Waals surface area contributed by atoms with Crippen molar-refractivity contribution in [3.8, 4) is 0 Å². The van der Waals surface area contributed by atoms with Crippen molar-refractivity contribution < 1.29 is 9.84 Å². The molecule has 0 amide bonds. The fraction of sp³-hybridized carbons (Fsp3) is 1.00. The highest BCUT2D eigenvalue weighted by molar-refractivity contribution is 4.90. The molecule has 1 unspecified atom stereocenters. The first kappa shape index (κ1) is 12.3. The summed E-state index contributed by atoms with van der Waals surface area (Å²) < 4.78 is 5.49. The zero-order chi connectivity index (χ0) is 11.3. The van der Waals surface area contributed by atoms with Gasteiger partial charge in [0.15, 0.2) is 0 Å². The van der Waals surface area contributed by atoms with Gasteiger partial charge in [0.2, 0.25) is 0 Å². The minimum Gasteiger partial charge on any atom is -0.394 e. The third-order valence-corrected chi connectivity index (χ3v) is 4.13. The molecule has 1 saturated heterocycles. The van der Waals surface area contributed by atoms with Crippen molar-refractivity contribution in [2.45, 2.75) is 50.5 Å². The van der Waals surface area contributed by atoms with E-state index >= 15 is 0 Å². The fourth-order valence-corrected chi connectivity index (χ4v) is 2.95. The van der Waals surface area contributed by atoms with Crippen LogP contribution >= 0.6 is 0 Å². The molecular weight excluding hydrogens is 202 g/mol. The standard InChI is InChI=1S/C13H25NO2/c15-11-13(6-2-1-3-7-13)14-9-12-5-4-8-16-10-12/h12,14-15H,1-11H2. The van der Waals surface area contributed by atoms with Crippen LogP contribution in [0.5, 0.6) is 0 Å². The van der Waals surface area contributed by atoms with Crippen molar-refractivity contribution in [2.24, 2.45) is 5.92 Å². The van der Waals surface area contributed by atoms with Crippen molar-refractivity contribution in [3.05, 3.63) is 0 Å². The second-order valence-corrected chi connectivity index (χ2v) is 5.46. The van der Waals surface area contributed by atoms with Crippen LogP contribution in [0.1, 0.15) is 44.9 Å². The van der Waals surface area contributed by atoms with E-state index in [1.54, 1.807) is 0 Å². The Morgan fingerprint density at radius 2 is 2.00 bits per heavy atom. The SMILES string of the molecule is OCC1(NCC2CCCOC2)CCCCC1. The molecule has 0 aromatic heterocycles. The van der Waals surface area contributed by atoms with Gasteiger partial charge < -0.3 is 15.2 Å². The summed E-state index contributed by atoms with van der Waals surface area (Å²) in [6.07, 6.45) is 8.58. The topological polar surface area (TPSA) is 41.5 Å². The van der Waals surface area contributed by atoms with E-state index in [9.17, 15) is 5.11 Å². The molecule has 3 heteroatoms. The van der Waals surface area contributed by atoms with E-state index in [-0.39, 0.29) is 5.54 Å². The second-order valence-electron chi connectivity index (χ2n) is 5.46. The molecule has 0 radical (unpaired) electrons. The summed E-state index contributed by atoms with van der Waals surface area (Å²) in [5.41, 5.74) is 0.0235. The Balaban J connectivity index is 1.77. The first-order chi connectivity index (χ1) is 7.85. The Hall–Kier alpha value is -0.120. The van der Waals surface area contributed by atoms with E-state index in [4.69, 9.17) is 4.74 Å². The van der Waals surface area contributed by atoms with E-state index in [1.807, 2.05) is 0 Å². The minimum atomic E-state index is 0.0235. The molecule has 0 spiro atoms. The van der Waals surface area contributed by atoms with E-state index in [1.165, 1.54) is 32.1 Å². The van der Waals surface area contributed by atoms with E-state index in [0.29, 0.717) is 12.5 Å². The van der Waals surface area contributed by atoms with Crippen molar-refractivity contribution in [3.63, 3.8) is 0 Å². The quantitative estimate of drug-likeness (QED) is 0.768. The molecule has 1 saturated carbocycles. The Morgan fingerprint density at radius 3 is 2.62 bits per heavy atom. The van der Waals surface area contributed by atoms with Crippen molar-refractivity contribution >= 4 is 0 Å². The molecule has 2 aliphatic rings. The predicted molar refractivity (Wildman–Crippen MR) is 64.4 cm³/mol. The average molecular weight is 227 g/mol. The molecule has 2 N–H and O–H groups in total. The first-order valence-electron chi connectivity index (χ1n) is 6.78. The van der Waals surface area contributed by atoms with Crippen molar-refractivity contribution in [1.29, 1.82) is 0 Å². The van der Waals surface area contributed by atoms with Gasteiger partial charge in [0.1, 0.15) is 0 Å². The van der Waals surface area contributed by atoms with Crippen LogP contribution in [0.4, 0.5) is 0 Å². The predicted octanol–water partition coefficient (Wildman–Crippen LogP) is 1.70. The first-order valence-corrected chi connectivity index (χ1v) is 6.78. The third-order valence-electron chi connectivity index (χ3n) is 4.13. The van der Waals surface area contributed by atoms with Crippen LogP contribution in [-0.4, -0.2) is 37.0 Å². The van der Waals surface area contributed by atoms with E-state index < -0.39 is 0 Å². The summed E-state index contributed by atoms with van der Waals surface area (Å²) in [5.74, 6) is 0.652. The molecule has 1 heterocycles. The lowest BCUT2D eigenvalue weighted by molar-refractivity contribution is 0.0440.